The zero-order valence-electron chi connectivity index (χ0n) is 11.8. The van der Waals surface area contributed by atoms with Crippen molar-refractivity contribution >= 4 is 0 Å². The van der Waals surface area contributed by atoms with E-state index in [1.54, 1.807) is 0 Å². The van der Waals surface area contributed by atoms with E-state index in [1.165, 1.54) is 5.56 Å². The van der Waals surface area contributed by atoms with Crippen LogP contribution in [-0.4, -0.2) is 40.9 Å². The quantitative estimate of drug-likeness (QED) is 0.781. The summed E-state index contributed by atoms with van der Waals surface area (Å²) >= 11 is 0. The van der Waals surface area contributed by atoms with E-state index in [2.05, 4.69) is 49.3 Å². The summed E-state index contributed by atoms with van der Waals surface area (Å²) < 4.78 is 1.85. The topological polar surface area (TPSA) is 33.1 Å². The number of aromatic nitrogens is 2. The Morgan fingerprint density at radius 3 is 2.59 bits per heavy atom. The summed E-state index contributed by atoms with van der Waals surface area (Å²) in [7, 11) is 4.12. The molecule has 1 aromatic heterocycles. The Hall–Kier alpha value is -0.870. The number of likely N-dealkylation sites (N-methyl/N-ethyl adjacent to an activating group) is 1. The molecule has 0 spiro atoms. The summed E-state index contributed by atoms with van der Waals surface area (Å²) in [5, 5.41) is 7.68. The first-order valence-electron chi connectivity index (χ1n) is 6.37. The van der Waals surface area contributed by atoms with E-state index < -0.39 is 0 Å². The highest BCUT2D eigenvalue weighted by atomic mass is 15.2. The van der Waals surface area contributed by atoms with Crippen molar-refractivity contribution in [1.82, 2.24) is 20.0 Å². The summed E-state index contributed by atoms with van der Waals surface area (Å²) in [6.07, 6.45) is 4.01. The van der Waals surface area contributed by atoms with Gasteiger partial charge in [0.25, 0.3) is 0 Å². The molecule has 0 saturated carbocycles. The highest BCUT2D eigenvalue weighted by Gasteiger charge is 2.10. The van der Waals surface area contributed by atoms with Crippen LogP contribution >= 0.6 is 0 Å². The molecule has 0 aliphatic heterocycles. The third kappa shape index (κ3) is 5.33. The molecule has 1 aromatic rings. The first-order chi connectivity index (χ1) is 7.99. The van der Waals surface area contributed by atoms with Crippen LogP contribution in [0.2, 0.25) is 0 Å². The van der Waals surface area contributed by atoms with Crippen molar-refractivity contribution in [1.29, 1.82) is 0 Å². The Bertz CT molecular complexity index is 319. The Morgan fingerprint density at radius 2 is 2.06 bits per heavy atom. The molecule has 1 heterocycles. The van der Waals surface area contributed by atoms with Gasteiger partial charge in [-0.25, -0.2) is 0 Å². The summed E-state index contributed by atoms with van der Waals surface area (Å²) in [5.41, 5.74) is 1.27. The second kappa shape index (κ2) is 6.77. The molecule has 0 aliphatic carbocycles. The summed E-state index contributed by atoms with van der Waals surface area (Å²) in [5.74, 6) is 0.714. The smallest absolute Gasteiger partial charge is 0.0534 e. The molecule has 0 fully saturated rings. The molecule has 0 bridgehead atoms. The van der Waals surface area contributed by atoms with Crippen LogP contribution in [0.25, 0.3) is 0 Å². The minimum absolute atomic E-state index is 0.536. The normalized spacial score (nSPS) is 13.6. The third-order valence-corrected chi connectivity index (χ3v) is 2.94. The maximum absolute atomic E-state index is 4.19. The minimum Gasteiger partial charge on any atom is -0.315 e. The zero-order valence-corrected chi connectivity index (χ0v) is 11.8. The highest BCUT2D eigenvalue weighted by Crippen LogP contribution is 2.04. The highest BCUT2D eigenvalue weighted by molar-refractivity contribution is 5.03. The first-order valence-corrected chi connectivity index (χ1v) is 6.37. The molecule has 4 heteroatoms. The number of hydrogen-bond acceptors (Lipinski definition) is 3. The lowest BCUT2D eigenvalue weighted by Gasteiger charge is -2.24. The molecule has 1 unspecified atom stereocenters. The van der Waals surface area contributed by atoms with Crippen molar-refractivity contribution < 1.29 is 0 Å². The van der Waals surface area contributed by atoms with E-state index >= 15 is 0 Å². The fourth-order valence-electron chi connectivity index (χ4n) is 1.73. The molecule has 0 aliphatic rings. The van der Waals surface area contributed by atoms with Gasteiger partial charge in [-0.05, 0) is 26.4 Å². The molecule has 0 amide bonds. The van der Waals surface area contributed by atoms with E-state index in [-0.39, 0.29) is 0 Å². The van der Waals surface area contributed by atoms with Crippen LogP contribution in [0.5, 0.6) is 0 Å². The molecule has 0 saturated heterocycles. The number of nitrogens with one attached hydrogen (secondary N) is 1. The molecule has 98 valence electrons. The van der Waals surface area contributed by atoms with Crippen LogP contribution in [0.3, 0.4) is 0 Å². The average Bonchev–Trinajstić information content (AvgIpc) is 2.63. The van der Waals surface area contributed by atoms with Crippen LogP contribution in [0.4, 0.5) is 0 Å². The van der Waals surface area contributed by atoms with Crippen LogP contribution in [0.15, 0.2) is 12.4 Å². The van der Waals surface area contributed by atoms with Crippen molar-refractivity contribution in [3.05, 3.63) is 18.0 Å². The summed E-state index contributed by atoms with van der Waals surface area (Å²) in [6.45, 7) is 9.80. The lowest BCUT2D eigenvalue weighted by Crippen LogP contribution is -2.38. The second-order valence-corrected chi connectivity index (χ2v) is 5.34. The van der Waals surface area contributed by atoms with Gasteiger partial charge in [0.05, 0.1) is 6.20 Å². The minimum atomic E-state index is 0.536. The molecule has 1 N–H and O–H groups in total. The summed E-state index contributed by atoms with van der Waals surface area (Å²) in [6, 6.07) is 0.536. The maximum atomic E-state index is 4.19. The Morgan fingerprint density at radius 1 is 1.35 bits per heavy atom. The van der Waals surface area contributed by atoms with Gasteiger partial charge in [-0.15, -0.1) is 0 Å². The largest absolute Gasteiger partial charge is 0.315 e. The van der Waals surface area contributed by atoms with Gasteiger partial charge in [0, 0.05) is 37.9 Å². The molecular formula is C13H26N4. The molecule has 17 heavy (non-hydrogen) atoms. The van der Waals surface area contributed by atoms with Crippen LogP contribution in [0.1, 0.15) is 26.3 Å². The van der Waals surface area contributed by atoms with E-state index in [0.717, 1.165) is 19.6 Å². The first kappa shape index (κ1) is 14.2. The predicted octanol–water partition coefficient (Wildman–Crippen LogP) is 1.49. The van der Waals surface area contributed by atoms with Gasteiger partial charge in [-0.3, -0.25) is 9.58 Å². The fourth-order valence-corrected chi connectivity index (χ4v) is 1.73. The van der Waals surface area contributed by atoms with E-state index in [1.807, 2.05) is 17.9 Å². The molecule has 0 aromatic carbocycles. The van der Waals surface area contributed by atoms with Gasteiger partial charge < -0.3 is 5.32 Å². The second-order valence-electron chi connectivity index (χ2n) is 5.34. The van der Waals surface area contributed by atoms with Crippen molar-refractivity contribution in [2.45, 2.75) is 33.4 Å². The Labute approximate surface area is 105 Å². The summed E-state index contributed by atoms with van der Waals surface area (Å²) in [4.78, 5) is 2.35. The van der Waals surface area contributed by atoms with Crippen molar-refractivity contribution in [3.63, 3.8) is 0 Å². The molecular weight excluding hydrogens is 212 g/mol. The monoisotopic (exact) mass is 238 g/mol. The standard InChI is InChI=1S/C13H26N4/c1-11(2)6-14-7-12(3)16(4)9-13-8-15-17(5)10-13/h8,10-12,14H,6-7,9H2,1-5H3. The van der Waals surface area contributed by atoms with E-state index in [9.17, 15) is 0 Å². The Balaban J connectivity index is 2.29. The van der Waals surface area contributed by atoms with Crippen molar-refractivity contribution in [3.8, 4) is 0 Å². The zero-order chi connectivity index (χ0) is 12.8. The predicted molar refractivity (Wildman–Crippen MR) is 71.8 cm³/mol. The lowest BCUT2D eigenvalue weighted by molar-refractivity contribution is 0.241. The number of aryl methyl sites for hydroxylation is 1. The van der Waals surface area contributed by atoms with Gasteiger partial charge in [0.1, 0.15) is 0 Å². The SMILES string of the molecule is CC(C)CNCC(C)N(C)Cc1cnn(C)c1. The van der Waals surface area contributed by atoms with Gasteiger partial charge in [0.15, 0.2) is 0 Å². The van der Waals surface area contributed by atoms with Gasteiger partial charge >= 0.3 is 0 Å². The van der Waals surface area contributed by atoms with Gasteiger partial charge in [-0.2, -0.15) is 5.10 Å². The van der Waals surface area contributed by atoms with E-state index in [4.69, 9.17) is 0 Å². The molecule has 4 nitrogen and oxygen atoms in total. The van der Waals surface area contributed by atoms with E-state index in [0.29, 0.717) is 12.0 Å². The molecule has 1 atom stereocenters. The number of nitrogens with zero attached hydrogens (tertiary/aromatic N) is 3. The van der Waals surface area contributed by atoms with Crippen LogP contribution < -0.4 is 5.32 Å². The average molecular weight is 238 g/mol. The van der Waals surface area contributed by atoms with Crippen molar-refractivity contribution in [2.24, 2.45) is 13.0 Å². The molecule has 0 radical (unpaired) electrons. The number of hydrogen-bond donors (Lipinski definition) is 1. The Kier molecular flexibility index (Phi) is 5.65. The third-order valence-electron chi connectivity index (χ3n) is 2.94. The van der Waals surface area contributed by atoms with Crippen LogP contribution in [-0.2, 0) is 13.6 Å². The van der Waals surface area contributed by atoms with Gasteiger partial charge in [0.2, 0.25) is 0 Å². The maximum Gasteiger partial charge on any atom is 0.0534 e. The van der Waals surface area contributed by atoms with Crippen molar-refractivity contribution in [2.75, 3.05) is 20.1 Å². The van der Waals surface area contributed by atoms with Crippen LogP contribution in [0, 0.1) is 5.92 Å². The molecule has 1 rings (SSSR count). The fraction of sp³-hybridized carbons (Fsp3) is 0.769. The number of rotatable bonds is 7. The van der Waals surface area contributed by atoms with Gasteiger partial charge in [-0.1, -0.05) is 13.8 Å². The lowest BCUT2D eigenvalue weighted by atomic mass is 10.2.